The van der Waals surface area contributed by atoms with Crippen molar-refractivity contribution in [2.24, 2.45) is 0 Å². The summed E-state index contributed by atoms with van der Waals surface area (Å²) in [6.45, 7) is 2.56. The van der Waals surface area contributed by atoms with E-state index in [-0.39, 0.29) is 18.4 Å². The first-order valence-corrected chi connectivity index (χ1v) is 6.74. The molecule has 104 valence electrons. The number of pyridine rings is 1. The second-order valence-electron chi connectivity index (χ2n) is 4.97. The second-order valence-corrected chi connectivity index (χ2v) is 4.97. The summed E-state index contributed by atoms with van der Waals surface area (Å²) in [5.74, 6) is 0.0527. The lowest BCUT2D eigenvalue weighted by molar-refractivity contribution is -0.131. The van der Waals surface area contributed by atoms with Gasteiger partial charge in [-0.3, -0.25) is 9.78 Å². The molecule has 20 heavy (non-hydrogen) atoms. The van der Waals surface area contributed by atoms with Gasteiger partial charge in [0.1, 0.15) is 11.4 Å². The van der Waals surface area contributed by atoms with E-state index >= 15 is 0 Å². The van der Waals surface area contributed by atoms with Crippen LogP contribution in [0.5, 0.6) is 0 Å². The Balaban J connectivity index is 1.75. The van der Waals surface area contributed by atoms with Gasteiger partial charge in [-0.15, -0.1) is 0 Å². The molecule has 1 aliphatic heterocycles. The van der Waals surface area contributed by atoms with E-state index in [0.29, 0.717) is 11.4 Å². The normalized spacial score (nSPS) is 18.4. The molecule has 0 radical (unpaired) electrons. The van der Waals surface area contributed by atoms with Crippen molar-refractivity contribution in [2.75, 3.05) is 6.54 Å². The fourth-order valence-corrected chi connectivity index (χ4v) is 2.60. The Morgan fingerprint density at radius 3 is 3.05 bits per heavy atom. The van der Waals surface area contributed by atoms with Gasteiger partial charge in [-0.25, -0.2) is 4.63 Å². The van der Waals surface area contributed by atoms with E-state index in [9.17, 15) is 4.79 Å². The second kappa shape index (κ2) is 5.40. The largest absolute Gasteiger partial charge is 0.334 e. The van der Waals surface area contributed by atoms with Crippen molar-refractivity contribution in [1.29, 1.82) is 0 Å². The molecule has 0 bridgehead atoms. The van der Waals surface area contributed by atoms with Crippen LogP contribution in [-0.4, -0.2) is 32.6 Å². The van der Waals surface area contributed by atoms with Gasteiger partial charge in [0.15, 0.2) is 0 Å². The lowest BCUT2D eigenvalue weighted by atomic mass is 10.1. The van der Waals surface area contributed by atoms with Crippen molar-refractivity contribution >= 4 is 5.91 Å². The number of aryl methyl sites for hydroxylation is 1. The number of hydrogen-bond acceptors (Lipinski definition) is 5. The van der Waals surface area contributed by atoms with E-state index in [1.165, 1.54) is 0 Å². The molecule has 6 nitrogen and oxygen atoms in total. The third-order valence-electron chi connectivity index (χ3n) is 3.67. The van der Waals surface area contributed by atoms with Crippen molar-refractivity contribution in [3.63, 3.8) is 0 Å². The lowest BCUT2D eigenvalue weighted by Crippen LogP contribution is -2.32. The monoisotopic (exact) mass is 272 g/mol. The molecular weight excluding hydrogens is 256 g/mol. The van der Waals surface area contributed by atoms with Gasteiger partial charge in [-0.2, -0.15) is 0 Å². The number of aromatic nitrogens is 3. The van der Waals surface area contributed by atoms with Crippen LogP contribution in [0.2, 0.25) is 0 Å². The minimum absolute atomic E-state index is 0.0527. The summed E-state index contributed by atoms with van der Waals surface area (Å²) in [6.07, 6.45) is 3.96. The number of rotatable bonds is 3. The fraction of sp³-hybridized carbons (Fsp3) is 0.429. The summed E-state index contributed by atoms with van der Waals surface area (Å²) in [7, 11) is 0. The summed E-state index contributed by atoms with van der Waals surface area (Å²) in [6, 6.07) is 5.88. The molecule has 0 aromatic carbocycles. The van der Waals surface area contributed by atoms with Gasteiger partial charge in [-0.1, -0.05) is 16.4 Å². The highest BCUT2D eigenvalue weighted by atomic mass is 16.6. The first-order chi connectivity index (χ1) is 9.75. The van der Waals surface area contributed by atoms with Crippen molar-refractivity contribution in [3.8, 4) is 0 Å². The minimum atomic E-state index is 0.0527. The average Bonchev–Trinajstić information content (AvgIpc) is 3.09. The van der Waals surface area contributed by atoms with E-state index < -0.39 is 0 Å². The molecule has 6 heteroatoms. The number of amides is 1. The maximum absolute atomic E-state index is 12.4. The summed E-state index contributed by atoms with van der Waals surface area (Å²) < 4.78 is 4.64. The van der Waals surface area contributed by atoms with Gasteiger partial charge < -0.3 is 4.90 Å². The molecule has 3 heterocycles. The zero-order valence-electron chi connectivity index (χ0n) is 11.3. The molecule has 3 rings (SSSR count). The van der Waals surface area contributed by atoms with Crippen LogP contribution in [0.1, 0.15) is 36.0 Å². The van der Waals surface area contributed by atoms with Crippen molar-refractivity contribution in [2.45, 2.75) is 32.2 Å². The number of nitrogens with zero attached hydrogens (tertiary/aromatic N) is 4. The Kier molecular flexibility index (Phi) is 3.45. The Morgan fingerprint density at radius 2 is 2.35 bits per heavy atom. The summed E-state index contributed by atoms with van der Waals surface area (Å²) in [5, 5.41) is 7.48. The van der Waals surface area contributed by atoms with E-state index in [1.54, 1.807) is 13.1 Å². The van der Waals surface area contributed by atoms with Crippen LogP contribution in [0.25, 0.3) is 0 Å². The molecule has 0 spiro atoms. The highest BCUT2D eigenvalue weighted by Crippen LogP contribution is 2.31. The van der Waals surface area contributed by atoms with Gasteiger partial charge in [0.2, 0.25) is 5.91 Å². The predicted molar refractivity (Wildman–Crippen MR) is 70.7 cm³/mol. The van der Waals surface area contributed by atoms with Crippen LogP contribution < -0.4 is 0 Å². The Morgan fingerprint density at radius 1 is 1.45 bits per heavy atom. The number of hydrogen-bond donors (Lipinski definition) is 0. The van der Waals surface area contributed by atoms with Crippen molar-refractivity contribution < 1.29 is 9.42 Å². The molecule has 0 N–H and O–H groups in total. The average molecular weight is 272 g/mol. The molecular formula is C14H16N4O2. The summed E-state index contributed by atoms with van der Waals surface area (Å²) in [5.41, 5.74) is 2.24. The third-order valence-corrected chi connectivity index (χ3v) is 3.67. The quantitative estimate of drug-likeness (QED) is 0.850. The van der Waals surface area contributed by atoms with Crippen LogP contribution in [0.3, 0.4) is 0 Å². The molecule has 1 unspecified atom stereocenters. The minimum Gasteiger partial charge on any atom is -0.334 e. The zero-order chi connectivity index (χ0) is 13.9. The smallest absolute Gasteiger partial charge is 0.229 e. The van der Waals surface area contributed by atoms with E-state index in [1.807, 2.05) is 23.1 Å². The third kappa shape index (κ3) is 2.41. The Hall–Kier alpha value is -2.24. The van der Waals surface area contributed by atoms with Gasteiger partial charge in [0.25, 0.3) is 0 Å². The maximum Gasteiger partial charge on any atom is 0.229 e. The number of carbonyl (C=O) groups excluding carboxylic acids is 1. The maximum atomic E-state index is 12.4. The van der Waals surface area contributed by atoms with Gasteiger partial charge in [0, 0.05) is 12.7 Å². The van der Waals surface area contributed by atoms with Crippen molar-refractivity contribution in [1.82, 2.24) is 20.2 Å². The van der Waals surface area contributed by atoms with Gasteiger partial charge >= 0.3 is 0 Å². The molecule has 1 aliphatic rings. The van der Waals surface area contributed by atoms with E-state index in [2.05, 4.69) is 19.9 Å². The number of carbonyl (C=O) groups is 1. The first kappa shape index (κ1) is 12.8. The molecule has 2 aromatic heterocycles. The molecule has 2 aromatic rings. The van der Waals surface area contributed by atoms with Crippen molar-refractivity contribution in [3.05, 3.63) is 41.5 Å². The Labute approximate surface area is 116 Å². The van der Waals surface area contributed by atoms with E-state index in [0.717, 1.165) is 25.1 Å². The molecule has 1 amide bonds. The predicted octanol–water partition coefficient (Wildman–Crippen LogP) is 1.68. The Bertz CT molecular complexity index is 596. The van der Waals surface area contributed by atoms with Gasteiger partial charge in [0.05, 0.1) is 18.2 Å². The standard InChI is InChI=1S/C14H16N4O2/c1-10-12(17-20-16-10)9-14(19)18-8-4-6-13(18)11-5-2-3-7-15-11/h2-3,5,7,13H,4,6,8-9H2,1H3. The molecule has 1 saturated heterocycles. The van der Waals surface area contributed by atoms with Crippen LogP contribution in [0, 0.1) is 6.92 Å². The molecule has 0 aliphatic carbocycles. The molecule has 1 fully saturated rings. The topological polar surface area (TPSA) is 72.1 Å². The lowest BCUT2D eigenvalue weighted by Gasteiger charge is -2.24. The SMILES string of the molecule is Cc1nonc1CC(=O)N1CCCC1c1ccccn1. The highest BCUT2D eigenvalue weighted by molar-refractivity contribution is 5.79. The van der Waals surface area contributed by atoms with Crippen LogP contribution >= 0.6 is 0 Å². The van der Waals surface area contributed by atoms with Gasteiger partial charge in [-0.05, 0) is 31.9 Å². The first-order valence-electron chi connectivity index (χ1n) is 6.74. The zero-order valence-corrected chi connectivity index (χ0v) is 11.3. The summed E-state index contributed by atoms with van der Waals surface area (Å²) in [4.78, 5) is 18.7. The molecule has 1 atom stereocenters. The number of likely N-dealkylation sites (tertiary alicyclic amines) is 1. The summed E-state index contributed by atoms with van der Waals surface area (Å²) >= 11 is 0. The van der Waals surface area contributed by atoms with Crippen LogP contribution in [0.15, 0.2) is 29.0 Å². The van der Waals surface area contributed by atoms with Crippen LogP contribution in [-0.2, 0) is 11.2 Å². The van der Waals surface area contributed by atoms with Crippen LogP contribution in [0.4, 0.5) is 0 Å². The highest BCUT2D eigenvalue weighted by Gasteiger charge is 2.31. The van der Waals surface area contributed by atoms with E-state index in [4.69, 9.17) is 0 Å². The fourth-order valence-electron chi connectivity index (χ4n) is 2.60. The molecule has 0 saturated carbocycles.